The highest BCUT2D eigenvalue weighted by atomic mass is 15.2. The number of rotatable bonds is 4. The Bertz CT molecular complexity index is 420. The summed E-state index contributed by atoms with van der Waals surface area (Å²) in [6, 6.07) is 4.91. The summed E-state index contributed by atoms with van der Waals surface area (Å²) >= 11 is 0. The van der Waals surface area contributed by atoms with Gasteiger partial charge in [0, 0.05) is 6.04 Å². The van der Waals surface area contributed by atoms with Gasteiger partial charge in [-0.1, -0.05) is 44.2 Å². The van der Waals surface area contributed by atoms with Crippen molar-refractivity contribution in [3.8, 4) is 0 Å². The highest BCUT2D eigenvalue weighted by Crippen LogP contribution is 2.33. The third-order valence-electron chi connectivity index (χ3n) is 4.75. The first-order valence-corrected chi connectivity index (χ1v) is 7.65. The van der Waals surface area contributed by atoms with Crippen LogP contribution in [-0.2, 0) is 0 Å². The molecule has 0 aromatic heterocycles. The van der Waals surface area contributed by atoms with Crippen molar-refractivity contribution in [2.75, 3.05) is 0 Å². The maximum atomic E-state index is 5.83. The number of hydrogen-bond acceptors (Lipinski definition) is 2. The van der Waals surface area contributed by atoms with Gasteiger partial charge in [-0.25, -0.2) is 0 Å². The first-order chi connectivity index (χ1) is 9.11. The molecule has 1 saturated carbocycles. The Hall–Kier alpha value is -0.860. The van der Waals surface area contributed by atoms with E-state index in [1.807, 2.05) is 0 Å². The van der Waals surface area contributed by atoms with Gasteiger partial charge in [0.2, 0.25) is 0 Å². The lowest BCUT2D eigenvalue weighted by Gasteiger charge is -2.27. The van der Waals surface area contributed by atoms with Crippen molar-refractivity contribution in [1.29, 1.82) is 0 Å². The third kappa shape index (κ3) is 3.58. The number of hydrogen-bond donors (Lipinski definition) is 2. The number of nitrogens with two attached hydrogens (primary N) is 1. The second-order valence-electron chi connectivity index (χ2n) is 6.25. The van der Waals surface area contributed by atoms with E-state index in [0.717, 1.165) is 5.92 Å². The van der Waals surface area contributed by atoms with Gasteiger partial charge in [0.1, 0.15) is 0 Å². The van der Waals surface area contributed by atoms with E-state index >= 15 is 0 Å². The van der Waals surface area contributed by atoms with Crippen LogP contribution in [0.3, 0.4) is 0 Å². The van der Waals surface area contributed by atoms with Crippen LogP contribution in [0.5, 0.6) is 0 Å². The van der Waals surface area contributed by atoms with Gasteiger partial charge < -0.3 is 0 Å². The van der Waals surface area contributed by atoms with Crippen molar-refractivity contribution < 1.29 is 0 Å². The summed E-state index contributed by atoms with van der Waals surface area (Å²) < 4.78 is 0. The Balaban J connectivity index is 2.14. The fourth-order valence-corrected chi connectivity index (χ4v) is 3.40. The van der Waals surface area contributed by atoms with Crippen LogP contribution in [-0.4, -0.2) is 0 Å². The van der Waals surface area contributed by atoms with Gasteiger partial charge in [0.25, 0.3) is 0 Å². The summed E-state index contributed by atoms with van der Waals surface area (Å²) in [5.74, 6) is 6.67. The lowest BCUT2D eigenvalue weighted by Crippen LogP contribution is -2.30. The van der Waals surface area contributed by atoms with Crippen LogP contribution in [0.1, 0.15) is 66.8 Å². The molecule has 2 rings (SSSR count). The Morgan fingerprint density at radius 3 is 2.32 bits per heavy atom. The maximum absolute atomic E-state index is 5.83. The molecule has 3 N–H and O–H groups in total. The van der Waals surface area contributed by atoms with E-state index in [1.54, 1.807) is 0 Å². The minimum atomic E-state index is 0.308. The fraction of sp³-hybridized carbons (Fsp3) is 0.647. The molecule has 1 aromatic carbocycles. The van der Waals surface area contributed by atoms with Crippen molar-refractivity contribution in [2.45, 2.75) is 65.3 Å². The Kier molecular flexibility index (Phi) is 5.00. The van der Waals surface area contributed by atoms with Gasteiger partial charge in [0.05, 0.1) is 0 Å². The zero-order valence-electron chi connectivity index (χ0n) is 12.6. The molecule has 1 aromatic rings. The predicted molar refractivity (Wildman–Crippen MR) is 81.9 cm³/mol. The monoisotopic (exact) mass is 260 g/mol. The Labute approximate surface area is 117 Å². The fourth-order valence-electron chi connectivity index (χ4n) is 3.40. The standard InChI is InChI=1S/C17H28N2/c1-12-9-14(3)16(10-13(12)2)17(19-18)11-15-7-5-4-6-8-15/h9-10,15,17,19H,4-8,11,18H2,1-3H3. The number of aryl methyl sites for hydroxylation is 3. The number of hydrazine groups is 1. The Morgan fingerprint density at radius 1 is 1.05 bits per heavy atom. The zero-order valence-corrected chi connectivity index (χ0v) is 12.6. The molecule has 0 bridgehead atoms. The zero-order chi connectivity index (χ0) is 13.8. The topological polar surface area (TPSA) is 38.0 Å². The van der Waals surface area contributed by atoms with E-state index in [0.29, 0.717) is 6.04 Å². The molecule has 0 radical (unpaired) electrons. The van der Waals surface area contributed by atoms with E-state index in [9.17, 15) is 0 Å². The summed E-state index contributed by atoms with van der Waals surface area (Å²) in [6.07, 6.45) is 8.14. The Morgan fingerprint density at radius 2 is 1.68 bits per heavy atom. The van der Waals surface area contributed by atoms with E-state index < -0.39 is 0 Å². The van der Waals surface area contributed by atoms with Crippen molar-refractivity contribution in [2.24, 2.45) is 11.8 Å². The third-order valence-corrected chi connectivity index (χ3v) is 4.75. The van der Waals surface area contributed by atoms with Gasteiger partial charge >= 0.3 is 0 Å². The quantitative estimate of drug-likeness (QED) is 0.632. The molecule has 0 amide bonds. The van der Waals surface area contributed by atoms with Crippen molar-refractivity contribution >= 4 is 0 Å². The summed E-state index contributed by atoms with van der Waals surface area (Å²) in [6.45, 7) is 6.57. The van der Waals surface area contributed by atoms with E-state index in [2.05, 4.69) is 38.3 Å². The van der Waals surface area contributed by atoms with Gasteiger partial charge in [-0.05, 0) is 55.4 Å². The highest BCUT2D eigenvalue weighted by molar-refractivity contribution is 5.38. The maximum Gasteiger partial charge on any atom is 0.0465 e. The molecule has 0 spiro atoms. The second kappa shape index (κ2) is 6.53. The minimum absolute atomic E-state index is 0.308. The molecule has 1 atom stereocenters. The second-order valence-corrected chi connectivity index (χ2v) is 6.25. The SMILES string of the molecule is Cc1cc(C)c(C(CC2CCCCC2)NN)cc1C. The van der Waals surface area contributed by atoms with Gasteiger partial charge in [0.15, 0.2) is 0 Å². The molecule has 1 aliphatic carbocycles. The lowest BCUT2D eigenvalue weighted by molar-refractivity contribution is 0.300. The molecule has 2 nitrogen and oxygen atoms in total. The summed E-state index contributed by atoms with van der Waals surface area (Å²) in [4.78, 5) is 0. The van der Waals surface area contributed by atoms with Gasteiger partial charge in [-0.3, -0.25) is 11.3 Å². The smallest absolute Gasteiger partial charge is 0.0465 e. The molecule has 1 fully saturated rings. The highest BCUT2D eigenvalue weighted by Gasteiger charge is 2.20. The summed E-state index contributed by atoms with van der Waals surface area (Å²) in [5.41, 5.74) is 8.54. The van der Waals surface area contributed by atoms with Gasteiger partial charge in [-0.2, -0.15) is 0 Å². The molecule has 1 aliphatic rings. The van der Waals surface area contributed by atoms with Crippen molar-refractivity contribution in [3.63, 3.8) is 0 Å². The van der Waals surface area contributed by atoms with Crippen molar-refractivity contribution in [3.05, 3.63) is 34.4 Å². The van der Waals surface area contributed by atoms with Crippen LogP contribution >= 0.6 is 0 Å². The van der Waals surface area contributed by atoms with Crippen LogP contribution in [0, 0.1) is 26.7 Å². The summed E-state index contributed by atoms with van der Waals surface area (Å²) in [7, 11) is 0. The average Bonchev–Trinajstić information content (AvgIpc) is 2.42. The first-order valence-electron chi connectivity index (χ1n) is 7.65. The van der Waals surface area contributed by atoms with Gasteiger partial charge in [-0.15, -0.1) is 0 Å². The van der Waals surface area contributed by atoms with Crippen LogP contribution in [0.15, 0.2) is 12.1 Å². The molecule has 106 valence electrons. The van der Waals surface area contributed by atoms with Crippen LogP contribution in [0.25, 0.3) is 0 Å². The molecule has 0 saturated heterocycles. The first kappa shape index (κ1) is 14.5. The minimum Gasteiger partial charge on any atom is -0.271 e. The predicted octanol–water partition coefficient (Wildman–Crippen LogP) is 4.09. The number of benzene rings is 1. The average molecular weight is 260 g/mol. The molecule has 0 heterocycles. The van der Waals surface area contributed by atoms with Crippen LogP contribution in [0.2, 0.25) is 0 Å². The molecular formula is C17H28N2. The normalized spacial score (nSPS) is 18.5. The van der Waals surface area contributed by atoms with E-state index in [1.165, 1.54) is 60.8 Å². The van der Waals surface area contributed by atoms with Crippen LogP contribution < -0.4 is 11.3 Å². The molecule has 0 aliphatic heterocycles. The molecular weight excluding hydrogens is 232 g/mol. The molecule has 19 heavy (non-hydrogen) atoms. The lowest BCUT2D eigenvalue weighted by atomic mass is 9.82. The number of nitrogens with one attached hydrogen (secondary N) is 1. The molecule has 1 unspecified atom stereocenters. The van der Waals surface area contributed by atoms with Crippen LogP contribution in [0.4, 0.5) is 0 Å². The van der Waals surface area contributed by atoms with Crippen molar-refractivity contribution in [1.82, 2.24) is 5.43 Å². The van der Waals surface area contributed by atoms with E-state index in [-0.39, 0.29) is 0 Å². The summed E-state index contributed by atoms with van der Waals surface area (Å²) in [5, 5.41) is 0. The largest absolute Gasteiger partial charge is 0.271 e. The molecule has 2 heteroatoms. The van der Waals surface area contributed by atoms with E-state index in [4.69, 9.17) is 5.84 Å².